The second-order valence-corrected chi connectivity index (χ2v) is 6.05. The summed E-state index contributed by atoms with van der Waals surface area (Å²) in [6.45, 7) is 3.32. The Kier molecular flexibility index (Phi) is 8.08. The number of Topliss-reactive ketones (excluding diaryl/α,β-unsaturated/α-hetero) is 1. The Morgan fingerprint density at radius 2 is 1.71 bits per heavy atom. The predicted molar refractivity (Wildman–Crippen MR) is 85.7 cm³/mol. The Morgan fingerprint density at radius 1 is 1.04 bits per heavy atom. The molecule has 0 spiro atoms. The first-order valence-electron chi connectivity index (χ1n) is 8.18. The maximum absolute atomic E-state index is 11.7. The van der Waals surface area contributed by atoms with Crippen molar-refractivity contribution in [3.05, 3.63) is 0 Å². The van der Waals surface area contributed by atoms with Crippen LogP contribution in [0.4, 0.5) is 0 Å². The molecule has 1 unspecified atom stereocenters. The minimum atomic E-state index is -0.404. The first-order chi connectivity index (χ1) is 11.3. The number of ketones is 1. The van der Waals surface area contributed by atoms with Gasteiger partial charge in [-0.15, -0.1) is 0 Å². The Bertz CT molecular complexity index is 518. The van der Waals surface area contributed by atoms with E-state index in [0.717, 1.165) is 6.42 Å². The molecule has 4 amide bonds. The summed E-state index contributed by atoms with van der Waals surface area (Å²) in [4.78, 5) is 58.2. The minimum absolute atomic E-state index is 0.0404. The van der Waals surface area contributed by atoms with Gasteiger partial charge in [0.25, 0.3) is 0 Å². The van der Waals surface area contributed by atoms with Crippen molar-refractivity contribution in [1.82, 2.24) is 15.5 Å². The lowest BCUT2D eigenvalue weighted by molar-refractivity contribution is -0.139. The molecule has 1 aliphatic heterocycles. The Hall–Kier alpha value is -2.25. The third kappa shape index (κ3) is 6.89. The van der Waals surface area contributed by atoms with E-state index in [4.69, 9.17) is 0 Å². The molecule has 8 heteroatoms. The molecule has 0 bridgehead atoms. The average Bonchev–Trinajstić information content (AvgIpc) is 2.76. The largest absolute Gasteiger partial charge is 0.348 e. The van der Waals surface area contributed by atoms with Crippen LogP contribution in [-0.4, -0.2) is 53.9 Å². The lowest BCUT2D eigenvalue weighted by atomic mass is 10.1. The Morgan fingerprint density at radius 3 is 2.29 bits per heavy atom. The van der Waals surface area contributed by atoms with Gasteiger partial charge in [0.05, 0.1) is 13.1 Å². The number of imide groups is 1. The molecular weight excluding hydrogens is 314 g/mol. The molecule has 0 saturated carbocycles. The number of nitrogens with one attached hydrogen (secondary N) is 2. The van der Waals surface area contributed by atoms with Gasteiger partial charge >= 0.3 is 0 Å². The third-order valence-corrected chi connectivity index (χ3v) is 3.74. The van der Waals surface area contributed by atoms with Crippen LogP contribution >= 0.6 is 0 Å². The number of rotatable bonds is 10. The van der Waals surface area contributed by atoms with Crippen molar-refractivity contribution < 1.29 is 24.0 Å². The van der Waals surface area contributed by atoms with Crippen LogP contribution in [0.1, 0.15) is 46.0 Å². The van der Waals surface area contributed by atoms with E-state index in [2.05, 4.69) is 10.6 Å². The number of carbonyl (C=O) groups excluding carboxylic acids is 5. The van der Waals surface area contributed by atoms with Gasteiger partial charge < -0.3 is 10.6 Å². The number of likely N-dealkylation sites (tertiary alicyclic amines) is 1. The zero-order chi connectivity index (χ0) is 18.1. The van der Waals surface area contributed by atoms with E-state index >= 15 is 0 Å². The third-order valence-electron chi connectivity index (χ3n) is 3.74. The second kappa shape index (κ2) is 9.79. The van der Waals surface area contributed by atoms with Crippen molar-refractivity contribution >= 4 is 29.4 Å². The monoisotopic (exact) mass is 339 g/mol. The molecule has 0 aromatic heterocycles. The Balaban J connectivity index is 2.07. The van der Waals surface area contributed by atoms with E-state index in [1.54, 1.807) is 6.92 Å². The number of carbonyl (C=O) groups is 5. The highest BCUT2D eigenvalue weighted by atomic mass is 16.2. The van der Waals surface area contributed by atoms with E-state index in [1.165, 1.54) is 11.8 Å². The molecule has 1 saturated heterocycles. The molecule has 1 aliphatic rings. The summed E-state index contributed by atoms with van der Waals surface area (Å²) >= 11 is 0. The van der Waals surface area contributed by atoms with Gasteiger partial charge in [-0.2, -0.15) is 0 Å². The fourth-order valence-electron chi connectivity index (χ4n) is 2.37. The fourth-order valence-corrected chi connectivity index (χ4v) is 2.37. The summed E-state index contributed by atoms with van der Waals surface area (Å²) in [6, 6.07) is 0. The van der Waals surface area contributed by atoms with E-state index in [0.29, 0.717) is 19.4 Å². The summed E-state index contributed by atoms with van der Waals surface area (Å²) in [5, 5.41) is 4.86. The van der Waals surface area contributed by atoms with Crippen molar-refractivity contribution in [3.63, 3.8) is 0 Å². The molecule has 8 nitrogen and oxygen atoms in total. The van der Waals surface area contributed by atoms with Crippen LogP contribution < -0.4 is 10.6 Å². The number of hydrogen-bond donors (Lipinski definition) is 2. The van der Waals surface area contributed by atoms with Crippen LogP contribution in [0.25, 0.3) is 0 Å². The van der Waals surface area contributed by atoms with Crippen molar-refractivity contribution in [2.24, 2.45) is 5.92 Å². The number of unbranched alkanes of at least 4 members (excludes halogenated alkanes) is 2. The maximum Gasteiger partial charge on any atom is 0.239 e. The molecule has 0 aromatic rings. The molecule has 1 rings (SSSR count). The fraction of sp³-hybridized carbons (Fsp3) is 0.688. The highest BCUT2D eigenvalue weighted by Crippen LogP contribution is 2.19. The van der Waals surface area contributed by atoms with Crippen LogP contribution in [-0.2, 0) is 24.0 Å². The average molecular weight is 339 g/mol. The summed E-state index contributed by atoms with van der Waals surface area (Å²) in [7, 11) is 0. The summed E-state index contributed by atoms with van der Waals surface area (Å²) in [5.41, 5.74) is 0. The standard InChI is InChI=1S/C16H25N3O5/c1-11-8-15(23)19(16(11)24)7-5-3-4-6-13(21)18-10-14(22)17-9-12(2)20/h11H,3-10H2,1-2H3,(H,17,22)(H,18,21). The first kappa shape index (κ1) is 19.8. The lowest BCUT2D eigenvalue weighted by Gasteiger charge is -2.13. The number of hydrogen-bond acceptors (Lipinski definition) is 5. The van der Waals surface area contributed by atoms with Gasteiger partial charge in [0, 0.05) is 25.3 Å². The molecule has 2 N–H and O–H groups in total. The molecule has 0 aliphatic carbocycles. The van der Waals surface area contributed by atoms with Crippen molar-refractivity contribution in [1.29, 1.82) is 0 Å². The quantitative estimate of drug-likeness (QED) is 0.421. The molecule has 24 heavy (non-hydrogen) atoms. The maximum atomic E-state index is 11.7. The van der Waals surface area contributed by atoms with Crippen LogP contribution in [0, 0.1) is 5.92 Å². The van der Waals surface area contributed by atoms with Crippen LogP contribution in [0.2, 0.25) is 0 Å². The molecule has 1 fully saturated rings. The molecule has 134 valence electrons. The van der Waals surface area contributed by atoms with Crippen LogP contribution in [0.5, 0.6) is 0 Å². The van der Waals surface area contributed by atoms with E-state index < -0.39 is 5.91 Å². The highest BCUT2D eigenvalue weighted by Gasteiger charge is 2.34. The second-order valence-electron chi connectivity index (χ2n) is 6.05. The molecule has 1 heterocycles. The zero-order valence-electron chi connectivity index (χ0n) is 14.2. The SMILES string of the molecule is CC(=O)CNC(=O)CNC(=O)CCCCCN1C(=O)CC(C)C1=O. The van der Waals surface area contributed by atoms with Gasteiger partial charge in [0.2, 0.25) is 23.6 Å². The molecule has 0 aromatic carbocycles. The number of amides is 4. The van der Waals surface area contributed by atoms with Gasteiger partial charge in [-0.3, -0.25) is 28.9 Å². The van der Waals surface area contributed by atoms with Crippen LogP contribution in [0.3, 0.4) is 0 Å². The Labute approximate surface area is 141 Å². The smallest absolute Gasteiger partial charge is 0.239 e. The molecular formula is C16H25N3O5. The van der Waals surface area contributed by atoms with E-state index in [1.807, 2.05) is 0 Å². The molecule has 1 atom stereocenters. The lowest BCUT2D eigenvalue weighted by Crippen LogP contribution is -2.38. The topological polar surface area (TPSA) is 113 Å². The van der Waals surface area contributed by atoms with Gasteiger partial charge in [-0.1, -0.05) is 13.3 Å². The van der Waals surface area contributed by atoms with Gasteiger partial charge in [-0.25, -0.2) is 0 Å². The highest BCUT2D eigenvalue weighted by molar-refractivity contribution is 6.03. The predicted octanol–water partition coefficient (Wildman–Crippen LogP) is -0.237. The van der Waals surface area contributed by atoms with Gasteiger partial charge in [0.15, 0.2) is 0 Å². The first-order valence-corrected chi connectivity index (χ1v) is 8.18. The van der Waals surface area contributed by atoms with Crippen LogP contribution in [0.15, 0.2) is 0 Å². The van der Waals surface area contributed by atoms with Crippen molar-refractivity contribution in [3.8, 4) is 0 Å². The number of nitrogens with zero attached hydrogens (tertiary/aromatic N) is 1. The van der Waals surface area contributed by atoms with Gasteiger partial charge in [0.1, 0.15) is 5.78 Å². The van der Waals surface area contributed by atoms with E-state index in [9.17, 15) is 24.0 Å². The minimum Gasteiger partial charge on any atom is -0.348 e. The summed E-state index contributed by atoms with van der Waals surface area (Å²) in [5.74, 6) is -1.26. The van der Waals surface area contributed by atoms with Gasteiger partial charge in [-0.05, 0) is 19.8 Å². The summed E-state index contributed by atoms with van der Waals surface area (Å²) < 4.78 is 0. The van der Waals surface area contributed by atoms with Crippen molar-refractivity contribution in [2.45, 2.75) is 46.0 Å². The normalized spacial score (nSPS) is 17.1. The summed E-state index contributed by atoms with van der Waals surface area (Å²) in [6.07, 6.45) is 2.56. The zero-order valence-corrected chi connectivity index (χ0v) is 14.2. The molecule has 0 radical (unpaired) electrons. The van der Waals surface area contributed by atoms with E-state index in [-0.39, 0.29) is 55.4 Å². The van der Waals surface area contributed by atoms with Crippen molar-refractivity contribution in [2.75, 3.05) is 19.6 Å².